The van der Waals surface area contributed by atoms with Gasteiger partial charge in [0.1, 0.15) is 6.61 Å². The van der Waals surface area contributed by atoms with Crippen LogP contribution in [0.1, 0.15) is 22.8 Å². The highest BCUT2D eigenvalue weighted by molar-refractivity contribution is 7.80. The van der Waals surface area contributed by atoms with E-state index >= 15 is 0 Å². The number of rotatable bonds is 4. The molecule has 0 spiro atoms. The average molecular weight is 295 g/mol. The Bertz CT molecular complexity index is 488. The maximum atomic E-state index is 11.8. The van der Waals surface area contributed by atoms with Crippen LogP contribution in [-0.2, 0) is 9.53 Å². The number of ether oxygens (including phenoxy) is 1. The van der Waals surface area contributed by atoms with Gasteiger partial charge in [0.25, 0.3) is 11.8 Å². The van der Waals surface area contributed by atoms with E-state index in [4.69, 9.17) is 17.0 Å². The molecular weight excluding hydrogens is 278 g/mol. The molecule has 0 saturated carbocycles. The van der Waals surface area contributed by atoms with Gasteiger partial charge in [-0.3, -0.25) is 25.8 Å². The first-order valence-electron chi connectivity index (χ1n) is 6.07. The quantitative estimate of drug-likeness (QED) is 0.562. The van der Waals surface area contributed by atoms with E-state index in [1.807, 2.05) is 19.1 Å². The van der Waals surface area contributed by atoms with Crippen LogP contribution in [0.15, 0.2) is 24.3 Å². The number of benzene rings is 1. The summed E-state index contributed by atoms with van der Waals surface area (Å²) in [5, 5.41) is 2.47. The maximum absolute atomic E-state index is 11.8. The Balaban J connectivity index is 2.36. The number of aryl methyl sites for hydroxylation is 1. The number of hydrogen-bond acceptors (Lipinski definition) is 4. The molecule has 1 aromatic rings. The Labute approximate surface area is 122 Å². The van der Waals surface area contributed by atoms with E-state index in [-0.39, 0.29) is 23.5 Å². The van der Waals surface area contributed by atoms with Gasteiger partial charge in [0, 0.05) is 12.2 Å². The zero-order valence-electron chi connectivity index (χ0n) is 11.4. The molecule has 108 valence electrons. The smallest absolute Gasteiger partial charge is 0.264 e. The van der Waals surface area contributed by atoms with E-state index in [1.165, 1.54) is 0 Å². The largest absolute Gasteiger partial charge is 0.372 e. The van der Waals surface area contributed by atoms with E-state index in [9.17, 15) is 9.59 Å². The lowest BCUT2D eigenvalue weighted by Crippen LogP contribution is -2.49. The summed E-state index contributed by atoms with van der Waals surface area (Å²) in [7, 11) is 0. The molecule has 1 aromatic carbocycles. The molecule has 6 nitrogen and oxygen atoms in total. The molecule has 0 saturated heterocycles. The first-order chi connectivity index (χ1) is 9.52. The van der Waals surface area contributed by atoms with Crippen molar-refractivity contribution in [2.24, 2.45) is 0 Å². The number of thiocarbonyl (C=S) groups is 1. The van der Waals surface area contributed by atoms with Crippen LogP contribution in [-0.4, -0.2) is 30.1 Å². The van der Waals surface area contributed by atoms with E-state index in [2.05, 4.69) is 16.2 Å². The number of carbonyl (C=O) groups is 2. The molecule has 0 aliphatic heterocycles. The number of amides is 2. The van der Waals surface area contributed by atoms with Crippen LogP contribution in [0, 0.1) is 6.92 Å². The highest BCUT2D eigenvalue weighted by Gasteiger charge is 2.08. The fourth-order valence-corrected chi connectivity index (χ4v) is 1.41. The lowest BCUT2D eigenvalue weighted by molar-refractivity contribution is -0.126. The SMILES string of the molecule is CCOCC(=O)NNC(=S)NC(=O)c1ccc(C)cc1. The molecule has 0 atom stereocenters. The van der Waals surface area contributed by atoms with E-state index < -0.39 is 0 Å². The lowest BCUT2D eigenvalue weighted by Gasteiger charge is -2.10. The standard InChI is InChI=1S/C13H17N3O3S/c1-3-19-8-11(17)15-16-13(20)14-12(18)10-6-4-9(2)5-7-10/h4-7H,3,8H2,1-2H3,(H,15,17)(H2,14,16,18,20). The molecule has 2 amide bonds. The van der Waals surface area contributed by atoms with Gasteiger partial charge in [0.15, 0.2) is 5.11 Å². The third kappa shape index (κ3) is 5.77. The highest BCUT2D eigenvalue weighted by Crippen LogP contribution is 2.02. The van der Waals surface area contributed by atoms with Crippen molar-refractivity contribution >= 4 is 29.1 Å². The lowest BCUT2D eigenvalue weighted by atomic mass is 10.1. The predicted octanol–water partition coefficient (Wildman–Crippen LogP) is 0.667. The zero-order chi connectivity index (χ0) is 15.0. The molecule has 7 heteroatoms. The Kier molecular flexibility index (Phi) is 6.61. The minimum absolute atomic E-state index is 0.0143. The van der Waals surface area contributed by atoms with Gasteiger partial charge in [-0.1, -0.05) is 17.7 Å². The van der Waals surface area contributed by atoms with Crippen molar-refractivity contribution in [3.8, 4) is 0 Å². The number of carbonyl (C=O) groups excluding carboxylic acids is 2. The van der Waals surface area contributed by atoms with Crippen LogP contribution in [0.5, 0.6) is 0 Å². The van der Waals surface area contributed by atoms with E-state index in [1.54, 1.807) is 19.1 Å². The van der Waals surface area contributed by atoms with Gasteiger partial charge in [0.05, 0.1) is 0 Å². The second kappa shape index (κ2) is 8.23. The summed E-state index contributed by atoms with van der Waals surface area (Å²) in [6, 6.07) is 7.05. The minimum atomic E-state index is -0.376. The summed E-state index contributed by atoms with van der Waals surface area (Å²) in [6.07, 6.45) is 0. The van der Waals surface area contributed by atoms with Crippen LogP contribution in [0.2, 0.25) is 0 Å². The fraction of sp³-hybridized carbons (Fsp3) is 0.308. The summed E-state index contributed by atoms with van der Waals surface area (Å²) < 4.78 is 4.91. The van der Waals surface area contributed by atoms with Crippen LogP contribution < -0.4 is 16.2 Å². The minimum Gasteiger partial charge on any atom is -0.372 e. The van der Waals surface area contributed by atoms with Gasteiger partial charge in [0.2, 0.25) is 0 Å². The maximum Gasteiger partial charge on any atom is 0.264 e. The van der Waals surface area contributed by atoms with Crippen molar-refractivity contribution in [1.29, 1.82) is 0 Å². The van der Waals surface area contributed by atoms with Crippen LogP contribution in [0.4, 0.5) is 0 Å². The molecule has 0 radical (unpaired) electrons. The van der Waals surface area contributed by atoms with Crippen LogP contribution >= 0.6 is 12.2 Å². The molecule has 1 rings (SSSR count). The third-order valence-corrected chi connectivity index (χ3v) is 2.50. The summed E-state index contributed by atoms with van der Waals surface area (Å²) in [4.78, 5) is 23.0. The van der Waals surface area contributed by atoms with Crippen molar-refractivity contribution in [2.75, 3.05) is 13.2 Å². The third-order valence-electron chi connectivity index (χ3n) is 2.29. The second-order valence-electron chi connectivity index (χ2n) is 3.96. The van der Waals surface area contributed by atoms with Gasteiger partial charge in [-0.25, -0.2) is 0 Å². The van der Waals surface area contributed by atoms with Gasteiger partial charge in [-0.05, 0) is 38.2 Å². The topological polar surface area (TPSA) is 79.5 Å². The van der Waals surface area contributed by atoms with Gasteiger partial charge in [-0.15, -0.1) is 0 Å². The monoisotopic (exact) mass is 295 g/mol. The summed E-state index contributed by atoms with van der Waals surface area (Å²) >= 11 is 4.89. The van der Waals surface area contributed by atoms with E-state index in [0.29, 0.717) is 12.2 Å². The molecule has 0 unspecified atom stereocenters. The van der Waals surface area contributed by atoms with Crippen LogP contribution in [0.3, 0.4) is 0 Å². The van der Waals surface area contributed by atoms with Gasteiger partial charge >= 0.3 is 0 Å². The van der Waals surface area contributed by atoms with Crippen molar-refractivity contribution in [3.63, 3.8) is 0 Å². The fourth-order valence-electron chi connectivity index (χ4n) is 1.27. The molecule has 0 aliphatic carbocycles. The molecular formula is C13H17N3O3S. The number of nitrogens with one attached hydrogen (secondary N) is 3. The average Bonchev–Trinajstić information content (AvgIpc) is 2.43. The van der Waals surface area contributed by atoms with Crippen LogP contribution in [0.25, 0.3) is 0 Å². The molecule has 20 heavy (non-hydrogen) atoms. The van der Waals surface area contributed by atoms with Gasteiger partial charge < -0.3 is 4.74 Å². The molecule has 0 aromatic heterocycles. The van der Waals surface area contributed by atoms with Crippen molar-refractivity contribution < 1.29 is 14.3 Å². The molecule has 3 N–H and O–H groups in total. The summed E-state index contributed by atoms with van der Waals surface area (Å²) in [5.41, 5.74) is 6.28. The summed E-state index contributed by atoms with van der Waals surface area (Å²) in [6.45, 7) is 4.09. The molecule has 0 aliphatic rings. The van der Waals surface area contributed by atoms with Crippen molar-refractivity contribution in [2.45, 2.75) is 13.8 Å². The first-order valence-corrected chi connectivity index (χ1v) is 6.48. The summed E-state index contributed by atoms with van der Waals surface area (Å²) in [5.74, 6) is -0.722. The Morgan fingerprint density at radius 1 is 1.20 bits per heavy atom. The Morgan fingerprint density at radius 2 is 1.85 bits per heavy atom. The molecule has 0 heterocycles. The normalized spacial score (nSPS) is 9.70. The van der Waals surface area contributed by atoms with Crippen molar-refractivity contribution in [3.05, 3.63) is 35.4 Å². The Hall–Kier alpha value is -1.99. The highest BCUT2D eigenvalue weighted by atomic mass is 32.1. The first kappa shape index (κ1) is 16.1. The second-order valence-corrected chi connectivity index (χ2v) is 4.37. The van der Waals surface area contributed by atoms with Gasteiger partial charge in [-0.2, -0.15) is 0 Å². The van der Waals surface area contributed by atoms with Crippen molar-refractivity contribution in [1.82, 2.24) is 16.2 Å². The van der Waals surface area contributed by atoms with E-state index in [0.717, 1.165) is 5.56 Å². The predicted molar refractivity (Wildman–Crippen MR) is 79.0 cm³/mol. The Morgan fingerprint density at radius 3 is 2.45 bits per heavy atom. The number of hydrazine groups is 1. The molecule has 0 bridgehead atoms. The zero-order valence-corrected chi connectivity index (χ0v) is 12.2. The number of hydrogen-bond donors (Lipinski definition) is 3. The molecule has 0 fully saturated rings.